The minimum Gasteiger partial charge on any atom is -0.451 e. The third-order valence-corrected chi connectivity index (χ3v) is 1.65. The van der Waals surface area contributed by atoms with E-state index in [1.54, 1.807) is 0 Å². The van der Waals surface area contributed by atoms with Crippen LogP contribution in [0.2, 0.25) is 0 Å². The highest BCUT2D eigenvalue weighted by Gasteiger charge is 2.14. The maximum Gasteiger partial charge on any atom is 0.328 e. The number of aromatic nitrogens is 2. The predicted octanol–water partition coefficient (Wildman–Crippen LogP) is -1.12. The molecule has 0 aliphatic rings. The van der Waals surface area contributed by atoms with Crippen LogP contribution in [-0.4, -0.2) is 27.8 Å². The van der Waals surface area contributed by atoms with Crippen LogP contribution in [-0.2, 0) is 20.9 Å². The van der Waals surface area contributed by atoms with Gasteiger partial charge in [-0.2, -0.15) is 5.10 Å². The monoisotopic (exact) mass is 212 g/mol. The lowest BCUT2D eigenvalue weighted by molar-refractivity contribution is -0.154. The van der Waals surface area contributed by atoms with Crippen LogP contribution < -0.4 is 11.5 Å². The van der Waals surface area contributed by atoms with E-state index in [-0.39, 0.29) is 6.54 Å². The van der Waals surface area contributed by atoms with Gasteiger partial charge in [0.1, 0.15) is 6.54 Å². The van der Waals surface area contributed by atoms with Gasteiger partial charge in [-0.3, -0.25) is 14.3 Å². The van der Waals surface area contributed by atoms with Crippen LogP contribution in [0.15, 0.2) is 12.4 Å². The van der Waals surface area contributed by atoms with Gasteiger partial charge in [0, 0.05) is 6.20 Å². The molecule has 0 radical (unpaired) electrons. The Morgan fingerprint density at radius 2 is 2.33 bits per heavy atom. The number of nitrogens with two attached hydrogens (primary N) is 2. The van der Waals surface area contributed by atoms with Crippen molar-refractivity contribution in [2.24, 2.45) is 5.73 Å². The fourth-order valence-electron chi connectivity index (χ4n) is 0.891. The van der Waals surface area contributed by atoms with Crippen molar-refractivity contribution in [3.05, 3.63) is 12.4 Å². The van der Waals surface area contributed by atoms with Gasteiger partial charge < -0.3 is 16.2 Å². The molecule has 1 amide bonds. The fourth-order valence-corrected chi connectivity index (χ4v) is 0.891. The highest BCUT2D eigenvalue weighted by Crippen LogP contribution is 1.99. The van der Waals surface area contributed by atoms with Crippen LogP contribution in [0, 0.1) is 0 Å². The predicted molar refractivity (Wildman–Crippen MR) is 51.4 cm³/mol. The second kappa shape index (κ2) is 4.45. The Labute approximate surface area is 86.0 Å². The molecule has 7 heteroatoms. The van der Waals surface area contributed by atoms with Gasteiger partial charge >= 0.3 is 5.97 Å². The first-order valence-electron chi connectivity index (χ1n) is 4.25. The molecule has 0 fully saturated rings. The van der Waals surface area contributed by atoms with Crippen molar-refractivity contribution in [1.82, 2.24) is 9.78 Å². The third kappa shape index (κ3) is 3.29. The minimum atomic E-state index is -0.939. The Morgan fingerprint density at radius 1 is 1.67 bits per heavy atom. The maximum absolute atomic E-state index is 11.2. The average Bonchev–Trinajstić information content (AvgIpc) is 2.50. The molecule has 0 aliphatic heterocycles. The number of hydrogen-bond acceptors (Lipinski definition) is 5. The summed E-state index contributed by atoms with van der Waals surface area (Å²) in [5.74, 6) is -1.28. The van der Waals surface area contributed by atoms with Crippen molar-refractivity contribution >= 4 is 17.6 Å². The van der Waals surface area contributed by atoms with Gasteiger partial charge in [-0.15, -0.1) is 0 Å². The maximum atomic E-state index is 11.2. The Kier molecular flexibility index (Phi) is 3.27. The van der Waals surface area contributed by atoms with Crippen molar-refractivity contribution < 1.29 is 14.3 Å². The molecule has 0 spiro atoms. The molecule has 1 heterocycles. The molecule has 1 atom stereocenters. The lowest BCUT2D eigenvalue weighted by Gasteiger charge is -2.08. The summed E-state index contributed by atoms with van der Waals surface area (Å²) in [4.78, 5) is 21.8. The van der Waals surface area contributed by atoms with E-state index in [9.17, 15) is 9.59 Å². The van der Waals surface area contributed by atoms with E-state index in [2.05, 4.69) is 5.10 Å². The van der Waals surface area contributed by atoms with Gasteiger partial charge in [0.25, 0.3) is 5.91 Å². The van der Waals surface area contributed by atoms with E-state index in [0.29, 0.717) is 5.69 Å². The average molecular weight is 212 g/mol. The van der Waals surface area contributed by atoms with E-state index < -0.39 is 18.0 Å². The molecule has 82 valence electrons. The van der Waals surface area contributed by atoms with Crippen molar-refractivity contribution in [3.63, 3.8) is 0 Å². The Hall–Kier alpha value is -2.05. The van der Waals surface area contributed by atoms with Crippen LogP contribution in [0.1, 0.15) is 6.92 Å². The highest BCUT2D eigenvalue weighted by atomic mass is 16.5. The molecule has 0 aromatic carbocycles. The number of nitrogens with zero attached hydrogens (tertiary/aromatic N) is 2. The van der Waals surface area contributed by atoms with Gasteiger partial charge in [0.05, 0.1) is 11.9 Å². The molecule has 1 unspecified atom stereocenters. The van der Waals surface area contributed by atoms with E-state index in [1.807, 2.05) is 0 Å². The van der Waals surface area contributed by atoms with Crippen LogP contribution in [0.3, 0.4) is 0 Å². The summed E-state index contributed by atoms with van der Waals surface area (Å²) in [6.45, 7) is 1.30. The number of rotatable bonds is 4. The molecular formula is C8H12N4O3. The number of carbonyl (C=O) groups is 2. The fraction of sp³-hybridized carbons (Fsp3) is 0.375. The quantitative estimate of drug-likeness (QED) is 0.614. The number of hydrogen-bond donors (Lipinski definition) is 2. The number of carbonyl (C=O) groups excluding carboxylic acids is 2. The summed E-state index contributed by atoms with van der Waals surface area (Å²) >= 11 is 0. The highest BCUT2D eigenvalue weighted by molar-refractivity contribution is 5.81. The first kappa shape index (κ1) is 11.0. The number of ether oxygens (including phenoxy) is 1. The zero-order chi connectivity index (χ0) is 11.4. The summed E-state index contributed by atoms with van der Waals surface area (Å²) in [5.41, 5.74) is 10.8. The molecular weight excluding hydrogens is 200 g/mol. The molecule has 0 saturated heterocycles. The van der Waals surface area contributed by atoms with Gasteiger partial charge in [-0.25, -0.2) is 0 Å². The summed E-state index contributed by atoms with van der Waals surface area (Å²) in [5, 5.41) is 3.78. The minimum absolute atomic E-state index is 0.102. The molecule has 7 nitrogen and oxygen atoms in total. The summed E-state index contributed by atoms with van der Waals surface area (Å²) in [6.07, 6.45) is 1.95. The van der Waals surface area contributed by atoms with Crippen molar-refractivity contribution in [2.45, 2.75) is 19.6 Å². The third-order valence-electron chi connectivity index (χ3n) is 1.65. The zero-order valence-corrected chi connectivity index (χ0v) is 8.21. The number of primary amides is 1. The number of anilines is 1. The molecule has 1 aromatic heterocycles. The first-order chi connectivity index (χ1) is 6.99. The van der Waals surface area contributed by atoms with Crippen molar-refractivity contribution in [1.29, 1.82) is 0 Å². The van der Waals surface area contributed by atoms with Crippen LogP contribution in [0.5, 0.6) is 0 Å². The number of amides is 1. The van der Waals surface area contributed by atoms with Gasteiger partial charge in [-0.05, 0) is 6.92 Å². The van der Waals surface area contributed by atoms with Gasteiger partial charge in [-0.1, -0.05) is 0 Å². The Morgan fingerprint density at radius 3 is 2.80 bits per heavy atom. The molecule has 15 heavy (non-hydrogen) atoms. The van der Waals surface area contributed by atoms with Gasteiger partial charge in [0.2, 0.25) is 0 Å². The standard InChI is InChI=1S/C8H12N4O3/c1-5(8(10)14)15-7(13)4-12-3-6(9)2-11-12/h2-3,5H,4,9H2,1H3,(H2,10,14). The normalized spacial score (nSPS) is 12.1. The second-order valence-corrected chi connectivity index (χ2v) is 3.01. The Balaban J connectivity index is 2.46. The van der Waals surface area contributed by atoms with E-state index in [4.69, 9.17) is 16.2 Å². The molecule has 0 saturated carbocycles. The van der Waals surface area contributed by atoms with Gasteiger partial charge in [0.15, 0.2) is 6.10 Å². The molecule has 4 N–H and O–H groups in total. The topological polar surface area (TPSA) is 113 Å². The summed E-state index contributed by atoms with van der Waals surface area (Å²) < 4.78 is 6.02. The summed E-state index contributed by atoms with van der Waals surface area (Å²) in [6, 6.07) is 0. The SMILES string of the molecule is CC(OC(=O)Cn1cc(N)cn1)C(N)=O. The van der Waals surface area contributed by atoms with Crippen LogP contribution >= 0.6 is 0 Å². The summed E-state index contributed by atoms with van der Waals surface area (Å²) in [7, 11) is 0. The van der Waals surface area contributed by atoms with E-state index in [0.717, 1.165) is 0 Å². The zero-order valence-electron chi connectivity index (χ0n) is 8.21. The molecule has 0 aliphatic carbocycles. The largest absolute Gasteiger partial charge is 0.451 e. The first-order valence-corrected chi connectivity index (χ1v) is 4.25. The Bertz CT molecular complexity index is 374. The smallest absolute Gasteiger partial charge is 0.328 e. The number of nitrogen functional groups attached to an aromatic ring is 1. The van der Waals surface area contributed by atoms with E-state index in [1.165, 1.54) is 24.0 Å². The molecule has 1 rings (SSSR count). The van der Waals surface area contributed by atoms with E-state index >= 15 is 0 Å². The van der Waals surface area contributed by atoms with Crippen LogP contribution in [0.25, 0.3) is 0 Å². The van der Waals surface area contributed by atoms with Crippen LogP contribution in [0.4, 0.5) is 5.69 Å². The lowest BCUT2D eigenvalue weighted by atomic mass is 10.4. The molecule has 0 bridgehead atoms. The lowest BCUT2D eigenvalue weighted by Crippen LogP contribution is -2.31. The number of esters is 1. The molecule has 1 aromatic rings. The van der Waals surface area contributed by atoms with Crippen molar-refractivity contribution in [3.8, 4) is 0 Å². The second-order valence-electron chi connectivity index (χ2n) is 3.01. The van der Waals surface area contributed by atoms with Crippen molar-refractivity contribution in [2.75, 3.05) is 5.73 Å².